The number of fused-ring (bicyclic) bond motifs is 1. The smallest absolute Gasteiger partial charge is 0.285 e. The van der Waals surface area contributed by atoms with Crippen molar-refractivity contribution in [2.45, 2.75) is 31.1 Å². The van der Waals surface area contributed by atoms with Crippen LogP contribution in [0.15, 0.2) is 33.6 Å². The number of amides is 1. The van der Waals surface area contributed by atoms with Crippen molar-refractivity contribution in [1.29, 1.82) is 0 Å². The quantitative estimate of drug-likeness (QED) is 0.738. The zero-order valence-electron chi connectivity index (χ0n) is 16.0. The molecular weight excluding hydrogens is 364 g/mol. The summed E-state index contributed by atoms with van der Waals surface area (Å²) in [5, 5.41) is 2.92. The van der Waals surface area contributed by atoms with E-state index in [-0.39, 0.29) is 17.3 Å². The molecule has 148 valence electrons. The number of amidine groups is 1. The molecule has 1 aromatic rings. The number of sulfonamides is 1. The van der Waals surface area contributed by atoms with E-state index in [1.165, 1.54) is 18.9 Å². The SMILES string of the molecule is CC1CCN(CCCNC(=O)CN(C)C2=NS(=O)(=O)c3ccccc32)CC1. The Morgan fingerprint density at radius 2 is 2.00 bits per heavy atom. The van der Waals surface area contributed by atoms with E-state index >= 15 is 0 Å². The molecule has 0 spiro atoms. The van der Waals surface area contributed by atoms with E-state index in [1.807, 2.05) is 0 Å². The largest absolute Gasteiger partial charge is 0.355 e. The minimum atomic E-state index is -3.66. The van der Waals surface area contributed by atoms with Crippen LogP contribution >= 0.6 is 0 Å². The fourth-order valence-corrected chi connectivity index (χ4v) is 4.78. The van der Waals surface area contributed by atoms with E-state index in [0.717, 1.165) is 32.0 Å². The van der Waals surface area contributed by atoms with Gasteiger partial charge in [-0.05, 0) is 56.9 Å². The van der Waals surface area contributed by atoms with E-state index in [1.54, 1.807) is 30.1 Å². The fourth-order valence-electron chi connectivity index (χ4n) is 3.53. The molecule has 1 N–H and O–H groups in total. The van der Waals surface area contributed by atoms with Crippen molar-refractivity contribution in [3.05, 3.63) is 29.8 Å². The van der Waals surface area contributed by atoms with Crippen molar-refractivity contribution >= 4 is 21.8 Å². The number of benzene rings is 1. The van der Waals surface area contributed by atoms with Crippen LogP contribution in [0.25, 0.3) is 0 Å². The summed E-state index contributed by atoms with van der Waals surface area (Å²) in [6.45, 7) is 6.29. The Morgan fingerprint density at radius 3 is 2.74 bits per heavy atom. The molecule has 0 atom stereocenters. The van der Waals surface area contributed by atoms with Crippen molar-refractivity contribution in [3.8, 4) is 0 Å². The van der Waals surface area contributed by atoms with Crippen molar-refractivity contribution in [2.24, 2.45) is 10.3 Å². The van der Waals surface area contributed by atoms with Crippen molar-refractivity contribution in [3.63, 3.8) is 0 Å². The Balaban J connectivity index is 1.45. The monoisotopic (exact) mass is 392 g/mol. The maximum Gasteiger partial charge on any atom is 0.285 e. The number of likely N-dealkylation sites (tertiary alicyclic amines) is 1. The second-order valence-electron chi connectivity index (χ2n) is 7.47. The molecule has 0 bridgehead atoms. The highest BCUT2D eigenvalue weighted by atomic mass is 32.2. The molecular formula is C19H28N4O3S. The maximum atomic E-state index is 12.2. The first-order valence-electron chi connectivity index (χ1n) is 9.51. The first kappa shape index (κ1) is 19.8. The summed E-state index contributed by atoms with van der Waals surface area (Å²) in [6, 6.07) is 6.69. The average Bonchev–Trinajstić information content (AvgIpc) is 2.92. The zero-order valence-corrected chi connectivity index (χ0v) is 16.8. The fraction of sp³-hybridized carbons (Fsp3) is 0.579. The predicted molar refractivity (Wildman–Crippen MR) is 105 cm³/mol. The highest BCUT2D eigenvalue weighted by Crippen LogP contribution is 2.26. The summed E-state index contributed by atoms with van der Waals surface area (Å²) in [4.78, 5) is 16.4. The van der Waals surface area contributed by atoms with Crippen LogP contribution < -0.4 is 5.32 Å². The number of likely N-dealkylation sites (N-methyl/N-ethyl adjacent to an activating group) is 1. The number of carbonyl (C=O) groups is 1. The van der Waals surface area contributed by atoms with Crippen molar-refractivity contribution in [2.75, 3.05) is 39.8 Å². The molecule has 1 saturated heterocycles. The molecule has 1 aromatic carbocycles. The van der Waals surface area contributed by atoms with E-state index in [0.29, 0.717) is 17.9 Å². The van der Waals surface area contributed by atoms with Crippen molar-refractivity contribution in [1.82, 2.24) is 15.1 Å². The van der Waals surface area contributed by atoms with E-state index < -0.39 is 10.0 Å². The third-order valence-electron chi connectivity index (χ3n) is 5.20. The summed E-state index contributed by atoms with van der Waals surface area (Å²) in [7, 11) is -1.98. The number of hydrogen-bond acceptors (Lipinski definition) is 5. The molecule has 1 fully saturated rings. The van der Waals surface area contributed by atoms with Gasteiger partial charge in [0.25, 0.3) is 10.0 Å². The van der Waals surface area contributed by atoms with Gasteiger partial charge < -0.3 is 15.1 Å². The van der Waals surface area contributed by atoms with Crippen LogP contribution in [0.1, 0.15) is 31.7 Å². The second kappa shape index (κ2) is 8.39. The van der Waals surface area contributed by atoms with Gasteiger partial charge in [0.05, 0.1) is 6.54 Å². The Kier molecular flexibility index (Phi) is 6.16. The van der Waals surface area contributed by atoms with Gasteiger partial charge in [-0.1, -0.05) is 19.1 Å². The molecule has 27 heavy (non-hydrogen) atoms. The standard InChI is InChI=1S/C19H28N4O3S/c1-15-8-12-23(13-9-15)11-5-10-20-18(24)14-22(2)19-16-6-3-4-7-17(16)27(25,26)21-19/h3-4,6-7,15H,5,8-14H2,1-2H3,(H,20,24). The summed E-state index contributed by atoms with van der Waals surface area (Å²) in [5.74, 6) is 1.02. The van der Waals surface area contributed by atoms with Gasteiger partial charge in [0.15, 0.2) is 5.84 Å². The second-order valence-corrected chi connectivity index (χ2v) is 9.04. The molecule has 0 unspecified atom stereocenters. The Labute approximate surface area is 161 Å². The number of hydrogen-bond donors (Lipinski definition) is 1. The normalized spacial score (nSPS) is 19.4. The third kappa shape index (κ3) is 4.87. The molecule has 0 saturated carbocycles. The number of rotatable bonds is 6. The van der Waals surface area contributed by atoms with Crippen LogP contribution in [0.5, 0.6) is 0 Å². The lowest BCUT2D eigenvalue weighted by molar-refractivity contribution is -0.121. The van der Waals surface area contributed by atoms with Crippen LogP contribution in [0.3, 0.4) is 0 Å². The molecule has 3 rings (SSSR count). The van der Waals surface area contributed by atoms with Crippen molar-refractivity contribution < 1.29 is 13.2 Å². The van der Waals surface area contributed by atoms with Crippen LogP contribution in [0, 0.1) is 5.92 Å². The lowest BCUT2D eigenvalue weighted by Gasteiger charge is -2.30. The molecule has 1 amide bonds. The van der Waals surface area contributed by atoms with Crippen LogP contribution in [-0.4, -0.2) is 69.7 Å². The summed E-state index contributed by atoms with van der Waals surface area (Å²) in [5.41, 5.74) is 0.548. The van der Waals surface area contributed by atoms with Crippen LogP contribution in [0.4, 0.5) is 0 Å². The molecule has 0 aromatic heterocycles. The third-order valence-corrected chi connectivity index (χ3v) is 6.53. The lowest BCUT2D eigenvalue weighted by Crippen LogP contribution is -2.40. The highest BCUT2D eigenvalue weighted by Gasteiger charge is 2.30. The Hall–Kier alpha value is -1.93. The van der Waals surface area contributed by atoms with E-state index in [9.17, 15) is 13.2 Å². The highest BCUT2D eigenvalue weighted by molar-refractivity contribution is 7.90. The minimum absolute atomic E-state index is 0.0733. The molecule has 2 aliphatic rings. The average molecular weight is 393 g/mol. The van der Waals surface area contributed by atoms with Crippen LogP contribution in [-0.2, 0) is 14.8 Å². The zero-order chi connectivity index (χ0) is 19.4. The first-order chi connectivity index (χ1) is 12.9. The Bertz CT molecular complexity index is 814. The summed E-state index contributed by atoms with van der Waals surface area (Å²) in [6.07, 6.45) is 3.43. The minimum Gasteiger partial charge on any atom is -0.355 e. The topological polar surface area (TPSA) is 82.1 Å². The summed E-state index contributed by atoms with van der Waals surface area (Å²) < 4.78 is 28.1. The molecule has 8 heteroatoms. The number of carbonyl (C=O) groups excluding carboxylic acids is 1. The van der Waals surface area contributed by atoms with Gasteiger partial charge in [-0.25, -0.2) is 0 Å². The maximum absolute atomic E-state index is 12.2. The van der Waals surface area contributed by atoms with Gasteiger partial charge in [0.2, 0.25) is 5.91 Å². The Morgan fingerprint density at radius 1 is 1.30 bits per heavy atom. The van der Waals surface area contributed by atoms with Gasteiger partial charge in [0.1, 0.15) is 4.90 Å². The van der Waals surface area contributed by atoms with Gasteiger partial charge in [-0.3, -0.25) is 4.79 Å². The summed E-state index contributed by atoms with van der Waals surface area (Å²) >= 11 is 0. The number of piperidine rings is 1. The van der Waals surface area contributed by atoms with Gasteiger partial charge in [-0.2, -0.15) is 8.42 Å². The molecule has 2 aliphatic heterocycles. The van der Waals surface area contributed by atoms with Gasteiger partial charge >= 0.3 is 0 Å². The van der Waals surface area contributed by atoms with Gasteiger partial charge in [-0.15, -0.1) is 4.40 Å². The van der Waals surface area contributed by atoms with Gasteiger partial charge in [0, 0.05) is 19.2 Å². The number of nitrogens with one attached hydrogen (secondary N) is 1. The lowest BCUT2D eigenvalue weighted by atomic mass is 9.99. The van der Waals surface area contributed by atoms with Crippen LogP contribution in [0.2, 0.25) is 0 Å². The number of nitrogens with zero attached hydrogens (tertiary/aromatic N) is 3. The molecule has 2 heterocycles. The van der Waals surface area contributed by atoms with E-state index in [2.05, 4.69) is 21.5 Å². The predicted octanol–water partition coefficient (Wildman–Crippen LogP) is 1.31. The first-order valence-corrected chi connectivity index (χ1v) is 11.0. The van der Waals surface area contributed by atoms with E-state index in [4.69, 9.17) is 0 Å². The molecule has 7 nitrogen and oxygen atoms in total. The molecule has 0 aliphatic carbocycles. The molecule has 0 radical (unpaired) electrons.